The highest BCUT2D eigenvalue weighted by Crippen LogP contribution is 2.27. The first-order valence-corrected chi connectivity index (χ1v) is 4.48. The van der Waals surface area contributed by atoms with Crippen LogP contribution in [0.15, 0.2) is 11.1 Å². The van der Waals surface area contributed by atoms with Crippen LogP contribution in [-0.2, 0) is 9.53 Å². The highest BCUT2D eigenvalue weighted by atomic mass is 16.5. The lowest BCUT2D eigenvalue weighted by atomic mass is 10.1. The Labute approximate surface area is 78.0 Å². The molecule has 70 valence electrons. The SMILES string of the molecule is CC(C(=O)OCC#N)=C1CCCC1. The molecule has 0 aromatic rings. The number of carbonyl (C=O) groups is 1. The van der Waals surface area contributed by atoms with Crippen molar-refractivity contribution >= 4 is 5.97 Å². The molecule has 0 radical (unpaired) electrons. The van der Waals surface area contributed by atoms with Gasteiger partial charge in [-0.25, -0.2) is 4.79 Å². The minimum Gasteiger partial charge on any atom is -0.447 e. The van der Waals surface area contributed by atoms with Gasteiger partial charge < -0.3 is 4.74 Å². The van der Waals surface area contributed by atoms with E-state index in [2.05, 4.69) is 0 Å². The van der Waals surface area contributed by atoms with E-state index < -0.39 is 0 Å². The van der Waals surface area contributed by atoms with Gasteiger partial charge in [0, 0.05) is 5.57 Å². The second kappa shape index (κ2) is 4.66. The molecule has 1 aliphatic rings. The third-order valence-electron chi connectivity index (χ3n) is 2.31. The van der Waals surface area contributed by atoms with Crippen LogP contribution in [0.2, 0.25) is 0 Å². The molecule has 0 aromatic carbocycles. The first-order valence-electron chi connectivity index (χ1n) is 4.48. The number of hydrogen-bond acceptors (Lipinski definition) is 3. The largest absolute Gasteiger partial charge is 0.447 e. The molecule has 0 heterocycles. The standard InChI is InChI=1S/C10H13NO2/c1-8(9-4-2-3-5-9)10(12)13-7-6-11/h2-5,7H2,1H3. The molecule has 0 aliphatic heterocycles. The molecule has 1 rings (SSSR count). The molecule has 0 aromatic heterocycles. The zero-order chi connectivity index (χ0) is 9.68. The minimum atomic E-state index is -0.335. The Hall–Kier alpha value is -1.30. The van der Waals surface area contributed by atoms with E-state index in [4.69, 9.17) is 10.00 Å². The summed E-state index contributed by atoms with van der Waals surface area (Å²) in [5, 5.41) is 8.22. The second-order valence-electron chi connectivity index (χ2n) is 3.17. The molecule has 0 saturated heterocycles. The average Bonchev–Trinajstić information content (AvgIpc) is 2.65. The lowest BCUT2D eigenvalue weighted by Crippen LogP contribution is -2.07. The molecule has 3 heteroatoms. The van der Waals surface area contributed by atoms with E-state index in [9.17, 15) is 4.79 Å². The van der Waals surface area contributed by atoms with Gasteiger partial charge in [0.1, 0.15) is 6.07 Å². The van der Waals surface area contributed by atoms with E-state index in [1.807, 2.05) is 0 Å². The fourth-order valence-electron chi connectivity index (χ4n) is 1.53. The van der Waals surface area contributed by atoms with Gasteiger partial charge in [-0.05, 0) is 32.6 Å². The van der Waals surface area contributed by atoms with Gasteiger partial charge in [0.15, 0.2) is 6.61 Å². The van der Waals surface area contributed by atoms with Crippen LogP contribution in [0.3, 0.4) is 0 Å². The Balaban J connectivity index is 2.55. The zero-order valence-electron chi connectivity index (χ0n) is 7.80. The molecule has 3 nitrogen and oxygen atoms in total. The van der Waals surface area contributed by atoms with Crippen molar-refractivity contribution in [2.75, 3.05) is 6.61 Å². The van der Waals surface area contributed by atoms with Crippen molar-refractivity contribution in [2.24, 2.45) is 0 Å². The summed E-state index contributed by atoms with van der Waals surface area (Å²) in [6, 6.07) is 1.78. The second-order valence-corrected chi connectivity index (χ2v) is 3.17. The van der Waals surface area contributed by atoms with Crippen LogP contribution >= 0.6 is 0 Å². The van der Waals surface area contributed by atoms with E-state index in [-0.39, 0.29) is 12.6 Å². The van der Waals surface area contributed by atoms with Gasteiger partial charge in [0.05, 0.1) is 0 Å². The van der Waals surface area contributed by atoms with E-state index in [1.165, 1.54) is 5.57 Å². The molecule has 0 unspecified atom stereocenters. The Kier molecular flexibility index (Phi) is 3.51. The van der Waals surface area contributed by atoms with Gasteiger partial charge in [-0.15, -0.1) is 0 Å². The number of rotatable bonds is 2. The van der Waals surface area contributed by atoms with Gasteiger partial charge in [-0.2, -0.15) is 5.26 Å². The fourth-order valence-corrected chi connectivity index (χ4v) is 1.53. The molecule has 1 fully saturated rings. The maximum absolute atomic E-state index is 11.3. The number of esters is 1. The zero-order valence-corrected chi connectivity index (χ0v) is 7.80. The molecule has 0 bridgehead atoms. The number of allylic oxidation sites excluding steroid dienone is 1. The molecule has 1 saturated carbocycles. The molecular formula is C10H13NO2. The van der Waals surface area contributed by atoms with Crippen LogP contribution in [0.4, 0.5) is 0 Å². The normalized spacial score (nSPS) is 15.2. The van der Waals surface area contributed by atoms with Crippen LogP contribution in [0.5, 0.6) is 0 Å². The summed E-state index contributed by atoms with van der Waals surface area (Å²) >= 11 is 0. The van der Waals surface area contributed by atoms with Crippen molar-refractivity contribution in [2.45, 2.75) is 32.6 Å². The highest BCUT2D eigenvalue weighted by Gasteiger charge is 2.15. The average molecular weight is 179 g/mol. The highest BCUT2D eigenvalue weighted by molar-refractivity contribution is 5.88. The van der Waals surface area contributed by atoms with E-state index in [0.29, 0.717) is 5.57 Å². The fraction of sp³-hybridized carbons (Fsp3) is 0.600. The summed E-state index contributed by atoms with van der Waals surface area (Å²) in [5.74, 6) is -0.335. The molecule has 0 N–H and O–H groups in total. The van der Waals surface area contributed by atoms with Crippen molar-refractivity contribution in [1.29, 1.82) is 5.26 Å². The van der Waals surface area contributed by atoms with Crippen LogP contribution in [0, 0.1) is 11.3 Å². The third kappa shape index (κ3) is 2.59. The van der Waals surface area contributed by atoms with Crippen LogP contribution in [0.1, 0.15) is 32.6 Å². The summed E-state index contributed by atoms with van der Waals surface area (Å²) in [6.07, 6.45) is 4.34. The first-order chi connectivity index (χ1) is 6.25. The number of hydrogen-bond donors (Lipinski definition) is 0. The Morgan fingerprint density at radius 3 is 2.69 bits per heavy atom. The molecule has 0 amide bonds. The Morgan fingerprint density at radius 2 is 2.15 bits per heavy atom. The predicted molar refractivity (Wildman–Crippen MR) is 47.7 cm³/mol. The third-order valence-corrected chi connectivity index (χ3v) is 2.31. The smallest absolute Gasteiger partial charge is 0.334 e. The molecule has 0 spiro atoms. The first kappa shape index (κ1) is 9.79. The Morgan fingerprint density at radius 1 is 1.54 bits per heavy atom. The summed E-state index contributed by atoms with van der Waals surface area (Å²) in [6.45, 7) is 1.63. The Bertz CT molecular complexity index is 265. The van der Waals surface area contributed by atoms with E-state index in [0.717, 1.165) is 25.7 Å². The molecular weight excluding hydrogens is 166 g/mol. The number of ether oxygens (including phenoxy) is 1. The summed E-state index contributed by atoms with van der Waals surface area (Å²) < 4.78 is 4.71. The van der Waals surface area contributed by atoms with Crippen molar-refractivity contribution in [3.63, 3.8) is 0 Å². The number of carbonyl (C=O) groups excluding carboxylic acids is 1. The quantitative estimate of drug-likeness (QED) is 0.481. The van der Waals surface area contributed by atoms with E-state index in [1.54, 1.807) is 13.0 Å². The summed E-state index contributed by atoms with van der Waals surface area (Å²) in [4.78, 5) is 11.3. The number of nitriles is 1. The minimum absolute atomic E-state index is 0.149. The predicted octanol–water partition coefficient (Wildman–Crippen LogP) is 1.94. The lowest BCUT2D eigenvalue weighted by molar-refractivity contribution is -0.137. The van der Waals surface area contributed by atoms with Gasteiger partial charge in [0.25, 0.3) is 0 Å². The molecule has 13 heavy (non-hydrogen) atoms. The summed E-state index contributed by atoms with van der Waals surface area (Å²) in [5.41, 5.74) is 1.90. The van der Waals surface area contributed by atoms with Crippen LogP contribution in [0.25, 0.3) is 0 Å². The van der Waals surface area contributed by atoms with E-state index >= 15 is 0 Å². The maximum atomic E-state index is 11.3. The van der Waals surface area contributed by atoms with Crippen molar-refractivity contribution in [1.82, 2.24) is 0 Å². The van der Waals surface area contributed by atoms with Gasteiger partial charge in [0.2, 0.25) is 0 Å². The van der Waals surface area contributed by atoms with Gasteiger partial charge in [-0.1, -0.05) is 5.57 Å². The summed E-state index contributed by atoms with van der Waals surface area (Å²) in [7, 11) is 0. The van der Waals surface area contributed by atoms with Gasteiger partial charge in [-0.3, -0.25) is 0 Å². The lowest BCUT2D eigenvalue weighted by Gasteiger charge is -2.03. The van der Waals surface area contributed by atoms with Crippen molar-refractivity contribution in [3.05, 3.63) is 11.1 Å². The number of nitrogens with zero attached hydrogens (tertiary/aromatic N) is 1. The maximum Gasteiger partial charge on any atom is 0.334 e. The monoisotopic (exact) mass is 179 g/mol. The van der Waals surface area contributed by atoms with Gasteiger partial charge >= 0.3 is 5.97 Å². The van der Waals surface area contributed by atoms with Crippen molar-refractivity contribution < 1.29 is 9.53 Å². The molecule has 0 atom stereocenters. The molecule has 1 aliphatic carbocycles. The van der Waals surface area contributed by atoms with Crippen molar-refractivity contribution in [3.8, 4) is 6.07 Å². The van der Waals surface area contributed by atoms with Crippen LogP contribution < -0.4 is 0 Å². The van der Waals surface area contributed by atoms with Crippen LogP contribution in [-0.4, -0.2) is 12.6 Å². The topological polar surface area (TPSA) is 50.1 Å².